The Bertz CT molecular complexity index is 475. The highest BCUT2D eigenvalue weighted by atomic mass is 31.1. The molecule has 0 aromatic heterocycles. The van der Waals surface area contributed by atoms with E-state index >= 15 is 0 Å². The first-order chi connectivity index (χ1) is 9.91. The van der Waals surface area contributed by atoms with Crippen LogP contribution < -0.4 is 0 Å². The van der Waals surface area contributed by atoms with Gasteiger partial charge in [-0.25, -0.2) is 8.78 Å². The number of carbonyl (C=O) groups is 1. The quantitative estimate of drug-likeness (QED) is 0.460. The third-order valence-electron chi connectivity index (χ3n) is 4.07. The molecule has 1 aliphatic carbocycles. The maximum absolute atomic E-state index is 13.5. The van der Waals surface area contributed by atoms with E-state index in [1.54, 1.807) is 30.9 Å². The lowest BCUT2D eigenvalue weighted by Gasteiger charge is -2.22. The topological polar surface area (TPSA) is 17.1 Å². The summed E-state index contributed by atoms with van der Waals surface area (Å²) < 4.78 is 27.0. The van der Waals surface area contributed by atoms with Gasteiger partial charge in [-0.2, -0.15) is 0 Å². The fraction of sp³-hybridized carbons (Fsp3) is 0.588. The molecule has 1 saturated carbocycles. The van der Waals surface area contributed by atoms with Crippen LogP contribution in [0.1, 0.15) is 60.6 Å². The van der Waals surface area contributed by atoms with E-state index in [9.17, 15) is 13.6 Å². The molecule has 1 nitrogen and oxygen atoms in total. The van der Waals surface area contributed by atoms with Crippen LogP contribution in [0.5, 0.6) is 0 Å². The normalized spacial score (nSPS) is 17.3. The molecule has 2 atom stereocenters. The second kappa shape index (κ2) is 6.96. The second-order valence-corrected chi connectivity index (χ2v) is 7.21. The van der Waals surface area contributed by atoms with Gasteiger partial charge >= 0.3 is 0 Å². The summed E-state index contributed by atoms with van der Waals surface area (Å²) in [5.41, 5.74) is 0.515. The Morgan fingerprint density at radius 1 is 1.33 bits per heavy atom. The van der Waals surface area contributed by atoms with E-state index in [1.807, 2.05) is 0 Å². The first kappa shape index (κ1) is 16.5. The summed E-state index contributed by atoms with van der Waals surface area (Å²) in [7, 11) is 0.138. The van der Waals surface area contributed by atoms with Crippen molar-refractivity contribution >= 4 is 14.4 Å². The number of rotatable bonds is 8. The van der Waals surface area contributed by atoms with E-state index in [-0.39, 0.29) is 14.4 Å². The Morgan fingerprint density at radius 3 is 2.43 bits per heavy atom. The molecule has 0 bridgehead atoms. The zero-order valence-electron chi connectivity index (χ0n) is 12.7. The molecule has 1 aromatic carbocycles. The molecule has 0 radical (unpaired) electrons. The van der Waals surface area contributed by atoms with Gasteiger partial charge in [0.05, 0.1) is 5.66 Å². The van der Waals surface area contributed by atoms with Crippen LogP contribution in [0.2, 0.25) is 0 Å². The molecule has 2 rings (SSSR count). The Hall–Kier alpha value is -0.820. The minimum absolute atomic E-state index is 0.126. The largest absolute Gasteiger partial charge is 0.294 e. The predicted molar refractivity (Wildman–Crippen MR) is 84.9 cm³/mol. The van der Waals surface area contributed by atoms with Crippen LogP contribution in [0, 0.1) is 5.92 Å². The lowest BCUT2D eigenvalue weighted by Crippen LogP contribution is -2.18. The number of hydrogen-bond acceptors (Lipinski definition) is 1. The highest BCUT2D eigenvalue weighted by molar-refractivity contribution is 7.37. The molecule has 1 aliphatic rings. The maximum Gasteiger partial charge on any atom is 0.255 e. The molecule has 0 N–H and O–H groups in total. The molecule has 1 aromatic rings. The molecule has 116 valence electrons. The highest BCUT2D eigenvalue weighted by Gasteiger charge is 2.33. The van der Waals surface area contributed by atoms with Crippen molar-refractivity contribution in [2.75, 3.05) is 6.66 Å². The summed E-state index contributed by atoms with van der Waals surface area (Å²) in [4.78, 5) is 12.0. The SMILES string of the molecule is CPC(c1ccc(C(=O)CCCC2CC2)cc1)C(C)(F)F. The lowest BCUT2D eigenvalue weighted by molar-refractivity contribution is 0.0183. The summed E-state index contributed by atoms with van der Waals surface area (Å²) in [6.07, 6.45) is 5.28. The molecule has 0 saturated heterocycles. The van der Waals surface area contributed by atoms with Crippen LogP contribution in [0.3, 0.4) is 0 Å². The van der Waals surface area contributed by atoms with Crippen molar-refractivity contribution in [1.82, 2.24) is 0 Å². The van der Waals surface area contributed by atoms with Gasteiger partial charge in [0.1, 0.15) is 0 Å². The van der Waals surface area contributed by atoms with Crippen molar-refractivity contribution in [2.24, 2.45) is 5.92 Å². The molecule has 2 unspecified atom stereocenters. The van der Waals surface area contributed by atoms with E-state index in [1.165, 1.54) is 12.8 Å². The second-order valence-electron chi connectivity index (χ2n) is 6.06. The van der Waals surface area contributed by atoms with Crippen molar-refractivity contribution in [2.45, 2.75) is 50.6 Å². The van der Waals surface area contributed by atoms with Gasteiger partial charge in [-0.05, 0) is 24.6 Å². The first-order valence-corrected chi connectivity index (χ1v) is 9.18. The van der Waals surface area contributed by atoms with Crippen LogP contribution in [0.15, 0.2) is 24.3 Å². The minimum atomic E-state index is -2.72. The maximum atomic E-state index is 13.5. The zero-order chi connectivity index (χ0) is 15.5. The van der Waals surface area contributed by atoms with Crippen molar-refractivity contribution in [3.05, 3.63) is 35.4 Å². The molecule has 0 spiro atoms. The van der Waals surface area contributed by atoms with Crippen molar-refractivity contribution in [3.63, 3.8) is 0 Å². The summed E-state index contributed by atoms with van der Waals surface area (Å²) >= 11 is 0. The smallest absolute Gasteiger partial charge is 0.255 e. The Kier molecular flexibility index (Phi) is 5.48. The van der Waals surface area contributed by atoms with Gasteiger partial charge in [-0.3, -0.25) is 4.79 Å². The fourth-order valence-corrected chi connectivity index (χ4v) is 3.71. The van der Waals surface area contributed by atoms with E-state index in [2.05, 4.69) is 0 Å². The van der Waals surface area contributed by atoms with E-state index in [0.29, 0.717) is 17.5 Å². The summed E-state index contributed by atoms with van der Waals surface area (Å²) in [6, 6.07) is 6.78. The number of ketones is 1. The molecule has 0 amide bonds. The van der Waals surface area contributed by atoms with E-state index < -0.39 is 11.6 Å². The Labute approximate surface area is 127 Å². The van der Waals surface area contributed by atoms with Crippen LogP contribution in [-0.4, -0.2) is 18.4 Å². The predicted octanol–water partition coefficient (Wildman–Crippen LogP) is 5.45. The molecule has 1 fully saturated rings. The first-order valence-electron chi connectivity index (χ1n) is 7.60. The van der Waals surface area contributed by atoms with Gasteiger partial charge in [0.15, 0.2) is 5.78 Å². The van der Waals surface area contributed by atoms with E-state index in [0.717, 1.165) is 25.7 Å². The third kappa shape index (κ3) is 4.85. The molecule has 21 heavy (non-hydrogen) atoms. The number of carbonyl (C=O) groups excluding carboxylic acids is 1. The van der Waals surface area contributed by atoms with Gasteiger partial charge in [-0.15, -0.1) is 8.58 Å². The zero-order valence-corrected chi connectivity index (χ0v) is 13.7. The van der Waals surface area contributed by atoms with Crippen LogP contribution >= 0.6 is 8.58 Å². The molecule has 0 heterocycles. The average molecular weight is 312 g/mol. The van der Waals surface area contributed by atoms with Crippen molar-refractivity contribution < 1.29 is 13.6 Å². The standard InChI is InChI=1S/C17H23F2OP/c1-17(18,19)16(21-2)14-10-8-13(9-11-14)15(20)5-3-4-12-6-7-12/h8-12,16,21H,3-7H2,1-2H3. The van der Waals surface area contributed by atoms with Crippen LogP contribution in [-0.2, 0) is 0 Å². The van der Waals surface area contributed by atoms with Crippen LogP contribution in [0.25, 0.3) is 0 Å². The van der Waals surface area contributed by atoms with Crippen molar-refractivity contribution in [1.29, 1.82) is 0 Å². The summed E-state index contributed by atoms with van der Waals surface area (Å²) in [6.45, 7) is 2.75. The Morgan fingerprint density at radius 2 is 1.95 bits per heavy atom. The number of benzene rings is 1. The summed E-state index contributed by atoms with van der Waals surface area (Å²) in [5.74, 6) is -1.75. The number of alkyl halides is 2. The van der Waals surface area contributed by atoms with Crippen LogP contribution in [0.4, 0.5) is 8.78 Å². The molecule has 4 heteroatoms. The van der Waals surface area contributed by atoms with Gasteiger partial charge in [0.25, 0.3) is 5.92 Å². The molecular weight excluding hydrogens is 289 g/mol. The van der Waals surface area contributed by atoms with Gasteiger partial charge in [0.2, 0.25) is 0 Å². The monoisotopic (exact) mass is 312 g/mol. The van der Waals surface area contributed by atoms with Crippen molar-refractivity contribution in [3.8, 4) is 0 Å². The van der Waals surface area contributed by atoms with Gasteiger partial charge in [-0.1, -0.05) is 43.5 Å². The van der Waals surface area contributed by atoms with E-state index in [4.69, 9.17) is 0 Å². The lowest BCUT2D eigenvalue weighted by atomic mass is 10.0. The highest BCUT2D eigenvalue weighted by Crippen LogP contribution is 2.44. The minimum Gasteiger partial charge on any atom is -0.294 e. The van der Waals surface area contributed by atoms with Gasteiger partial charge < -0.3 is 0 Å². The third-order valence-corrected chi connectivity index (χ3v) is 5.49. The molecule has 0 aliphatic heterocycles. The number of Topliss-reactive ketones (excluding diaryl/α,β-unsaturated/α-hetero) is 1. The Balaban J connectivity index is 1.95. The average Bonchev–Trinajstić information content (AvgIpc) is 3.22. The van der Waals surface area contributed by atoms with Gasteiger partial charge in [0, 0.05) is 18.9 Å². The summed E-state index contributed by atoms with van der Waals surface area (Å²) in [5, 5.41) is 0. The number of hydrogen-bond donors (Lipinski definition) is 0. The number of halogens is 2. The molecular formula is C17H23F2OP. The fourth-order valence-electron chi connectivity index (χ4n) is 2.68.